The maximum atomic E-state index is 12.7. The Morgan fingerprint density at radius 3 is 2.13 bits per heavy atom. The number of benzene rings is 3. The number of para-hydroxylation sites is 1. The van der Waals surface area contributed by atoms with Gasteiger partial charge < -0.3 is 24.4 Å². The normalized spacial score (nSPS) is 11.6. The highest BCUT2D eigenvalue weighted by molar-refractivity contribution is 5.94. The van der Waals surface area contributed by atoms with Crippen LogP contribution in [0.1, 0.15) is 22.0 Å². The van der Waals surface area contributed by atoms with E-state index in [1.807, 2.05) is 48.5 Å². The number of ether oxygens (including phenoxy) is 3. The van der Waals surface area contributed by atoms with E-state index in [9.17, 15) is 4.79 Å². The van der Waals surface area contributed by atoms with Crippen LogP contribution in [0.25, 0.3) is 0 Å². The fourth-order valence-electron chi connectivity index (χ4n) is 3.32. The lowest BCUT2D eigenvalue weighted by Crippen LogP contribution is -3.07. The lowest BCUT2D eigenvalue weighted by atomic mass is 10.0. The van der Waals surface area contributed by atoms with Gasteiger partial charge in [-0.05, 0) is 54.6 Å². The maximum absolute atomic E-state index is 12.7. The first kappa shape index (κ1) is 22.2. The maximum Gasteiger partial charge on any atom is 0.251 e. The number of amides is 1. The standard InChI is InChI=1S/C25H28N2O4/c1-27(2)22(19-12-15-23(29-3)24(16-19)30-4)17-26-25(28)18-10-13-21(14-11-18)31-20-8-6-5-7-9-20/h5-16,22H,17H2,1-4H3,(H,26,28)/p+1/t22-/m0/s1. The molecule has 0 saturated heterocycles. The van der Waals surface area contributed by atoms with Crippen molar-refractivity contribution in [1.82, 2.24) is 5.32 Å². The van der Waals surface area contributed by atoms with Crippen LogP contribution >= 0.6 is 0 Å². The van der Waals surface area contributed by atoms with Crippen molar-refractivity contribution in [1.29, 1.82) is 0 Å². The molecule has 0 aliphatic rings. The van der Waals surface area contributed by atoms with Gasteiger partial charge in [-0.25, -0.2) is 0 Å². The van der Waals surface area contributed by atoms with E-state index in [2.05, 4.69) is 19.4 Å². The third-order valence-electron chi connectivity index (χ3n) is 5.07. The largest absolute Gasteiger partial charge is 0.493 e. The lowest BCUT2D eigenvalue weighted by molar-refractivity contribution is -0.890. The van der Waals surface area contributed by atoms with Gasteiger partial charge in [-0.3, -0.25) is 4.79 Å². The van der Waals surface area contributed by atoms with E-state index in [4.69, 9.17) is 14.2 Å². The second-order valence-corrected chi connectivity index (χ2v) is 7.39. The summed E-state index contributed by atoms with van der Waals surface area (Å²) in [5, 5.41) is 3.04. The molecule has 0 aliphatic carbocycles. The highest BCUT2D eigenvalue weighted by Gasteiger charge is 2.21. The zero-order valence-corrected chi connectivity index (χ0v) is 18.3. The van der Waals surface area contributed by atoms with Crippen LogP contribution in [0.2, 0.25) is 0 Å². The molecule has 0 spiro atoms. The number of likely N-dealkylation sites (N-methyl/N-ethyl adjacent to an activating group) is 1. The van der Waals surface area contributed by atoms with Gasteiger partial charge in [0.15, 0.2) is 11.5 Å². The fourth-order valence-corrected chi connectivity index (χ4v) is 3.32. The van der Waals surface area contributed by atoms with Crippen LogP contribution in [0.3, 0.4) is 0 Å². The van der Waals surface area contributed by atoms with Crippen LogP contribution in [0.15, 0.2) is 72.8 Å². The van der Waals surface area contributed by atoms with Crippen LogP contribution < -0.4 is 24.4 Å². The minimum Gasteiger partial charge on any atom is -0.493 e. The van der Waals surface area contributed by atoms with Gasteiger partial charge in [-0.1, -0.05) is 18.2 Å². The number of methoxy groups -OCH3 is 2. The van der Waals surface area contributed by atoms with Crippen molar-refractivity contribution in [3.8, 4) is 23.0 Å². The van der Waals surface area contributed by atoms with Gasteiger partial charge in [0.05, 0.1) is 34.9 Å². The molecule has 0 bridgehead atoms. The molecule has 2 N–H and O–H groups in total. The van der Waals surface area contributed by atoms with Crippen molar-refractivity contribution in [2.75, 3.05) is 34.9 Å². The number of hydrogen-bond donors (Lipinski definition) is 2. The number of rotatable bonds is 9. The quantitative estimate of drug-likeness (QED) is 0.557. The SMILES string of the molecule is COc1ccc([C@H](CNC(=O)c2ccc(Oc3ccccc3)cc2)[NH+](C)C)cc1OC. The first-order chi connectivity index (χ1) is 15.0. The van der Waals surface area contributed by atoms with Crippen molar-refractivity contribution in [3.63, 3.8) is 0 Å². The van der Waals surface area contributed by atoms with Gasteiger partial charge in [-0.15, -0.1) is 0 Å². The van der Waals surface area contributed by atoms with Crippen molar-refractivity contribution in [2.45, 2.75) is 6.04 Å². The smallest absolute Gasteiger partial charge is 0.251 e. The molecule has 0 saturated carbocycles. The molecule has 31 heavy (non-hydrogen) atoms. The first-order valence-corrected chi connectivity index (χ1v) is 10.1. The summed E-state index contributed by atoms with van der Waals surface area (Å²) in [5.41, 5.74) is 1.64. The van der Waals surface area contributed by atoms with E-state index in [0.717, 1.165) is 11.3 Å². The summed E-state index contributed by atoms with van der Waals surface area (Å²) < 4.78 is 16.5. The van der Waals surface area contributed by atoms with E-state index < -0.39 is 0 Å². The van der Waals surface area contributed by atoms with E-state index in [1.165, 1.54) is 4.90 Å². The molecule has 3 rings (SSSR count). The molecule has 0 unspecified atom stereocenters. The third-order valence-corrected chi connectivity index (χ3v) is 5.07. The predicted octanol–water partition coefficient (Wildman–Crippen LogP) is 3.11. The topological polar surface area (TPSA) is 61.2 Å². The van der Waals surface area contributed by atoms with Crippen molar-refractivity contribution >= 4 is 5.91 Å². The molecule has 3 aromatic carbocycles. The van der Waals surface area contributed by atoms with Gasteiger partial charge in [0.2, 0.25) is 0 Å². The molecule has 0 heterocycles. The third kappa shape index (κ3) is 5.77. The van der Waals surface area contributed by atoms with Crippen molar-refractivity contribution in [3.05, 3.63) is 83.9 Å². The van der Waals surface area contributed by atoms with Gasteiger partial charge in [0.1, 0.15) is 17.5 Å². The Bertz CT molecular complexity index is 988. The van der Waals surface area contributed by atoms with Crippen LogP contribution in [-0.2, 0) is 0 Å². The number of quaternary nitrogens is 1. The van der Waals surface area contributed by atoms with Gasteiger partial charge in [-0.2, -0.15) is 0 Å². The molecule has 3 aromatic rings. The van der Waals surface area contributed by atoms with Gasteiger partial charge in [0, 0.05) is 11.1 Å². The Morgan fingerprint density at radius 2 is 1.52 bits per heavy atom. The van der Waals surface area contributed by atoms with Crippen molar-refractivity contribution in [2.24, 2.45) is 0 Å². The minimum absolute atomic E-state index is 0.0597. The van der Waals surface area contributed by atoms with E-state index >= 15 is 0 Å². The Hall–Kier alpha value is -3.51. The average Bonchev–Trinajstić information content (AvgIpc) is 2.79. The summed E-state index contributed by atoms with van der Waals surface area (Å²) in [6.07, 6.45) is 0. The Morgan fingerprint density at radius 1 is 0.871 bits per heavy atom. The molecule has 6 nitrogen and oxygen atoms in total. The highest BCUT2D eigenvalue weighted by Crippen LogP contribution is 2.29. The molecule has 0 aliphatic heterocycles. The summed E-state index contributed by atoms with van der Waals surface area (Å²) in [6.45, 7) is 0.485. The molecule has 0 aromatic heterocycles. The summed E-state index contributed by atoms with van der Waals surface area (Å²) in [6, 6.07) is 22.6. The lowest BCUT2D eigenvalue weighted by Gasteiger charge is -2.23. The van der Waals surface area contributed by atoms with Crippen LogP contribution in [0.4, 0.5) is 0 Å². The predicted molar refractivity (Wildman–Crippen MR) is 120 cm³/mol. The number of carbonyl (C=O) groups excluding carboxylic acids is 1. The Balaban J connectivity index is 1.65. The monoisotopic (exact) mass is 421 g/mol. The molecule has 162 valence electrons. The number of carbonyl (C=O) groups is 1. The molecule has 0 fully saturated rings. The van der Waals surface area contributed by atoms with Crippen molar-refractivity contribution < 1.29 is 23.9 Å². The summed E-state index contributed by atoms with van der Waals surface area (Å²) in [4.78, 5) is 13.9. The molecule has 1 amide bonds. The first-order valence-electron chi connectivity index (χ1n) is 10.1. The number of nitrogens with one attached hydrogen (secondary N) is 2. The average molecular weight is 422 g/mol. The summed E-state index contributed by atoms with van der Waals surface area (Å²) in [7, 11) is 7.35. The second kappa shape index (κ2) is 10.5. The molecule has 6 heteroatoms. The van der Waals surface area contributed by atoms with Crippen LogP contribution in [0.5, 0.6) is 23.0 Å². The summed E-state index contributed by atoms with van der Waals surface area (Å²) in [5.74, 6) is 2.67. The van der Waals surface area contributed by atoms with E-state index in [1.54, 1.807) is 38.5 Å². The van der Waals surface area contributed by atoms with Crippen LogP contribution in [-0.4, -0.2) is 40.8 Å². The van der Waals surface area contributed by atoms with E-state index in [-0.39, 0.29) is 11.9 Å². The Labute approximate surface area is 183 Å². The molecular weight excluding hydrogens is 392 g/mol. The zero-order valence-electron chi connectivity index (χ0n) is 18.3. The molecule has 0 radical (unpaired) electrons. The van der Waals surface area contributed by atoms with Gasteiger partial charge in [0.25, 0.3) is 5.91 Å². The van der Waals surface area contributed by atoms with E-state index in [0.29, 0.717) is 29.4 Å². The zero-order chi connectivity index (χ0) is 22.2. The minimum atomic E-state index is -0.127. The fraction of sp³-hybridized carbons (Fsp3) is 0.240. The Kier molecular flexibility index (Phi) is 7.51. The highest BCUT2D eigenvalue weighted by atomic mass is 16.5. The van der Waals surface area contributed by atoms with Crippen LogP contribution in [0, 0.1) is 0 Å². The number of hydrogen-bond acceptors (Lipinski definition) is 4. The summed E-state index contributed by atoms with van der Waals surface area (Å²) >= 11 is 0. The second-order valence-electron chi connectivity index (χ2n) is 7.39. The van der Waals surface area contributed by atoms with Gasteiger partial charge >= 0.3 is 0 Å². The molecular formula is C25H29N2O4+. The molecule has 1 atom stereocenters.